The van der Waals surface area contributed by atoms with Gasteiger partial charge in [-0.15, -0.1) is 0 Å². The molecule has 0 unspecified atom stereocenters. The average Bonchev–Trinajstić information content (AvgIpc) is 3.03. The van der Waals surface area contributed by atoms with E-state index in [0.29, 0.717) is 5.82 Å². The molecule has 0 N–H and O–H groups in total. The SMILES string of the molecule is COc1c(Br)ccc2c1c(N=C(c1ccccc1)c1ccccc1)nn2C. The fourth-order valence-corrected chi connectivity index (χ4v) is 3.64. The summed E-state index contributed by atoms with van der Waals surface area (Å²) in [6.45, 7) is 0. The third kappa shape index (κ3) is 3.26. The molecule has 134 valence electrons. The number of ether oxygens (including phenoxy) is 1. The standard InChI is InChI=1S/C22H18BrN3O/c1-26-18-14-13-17(23)21(27-2)19(18)22(25-26)24-20(15-9-5-3-6-10-15)16-11-7-4-8-12-16/h3-14H,1-2H3. The molecule has 3 aromatic carbocycles. The van der Waals surface area contributed by atoms with Crippen LogP contribution < -0.4 is 4.74 Å². The van der Waals surface area contributed by atoms with E-state index in [9.17, 15) is 0 Å². The van der Waals surface area contributed by atoms with Crippen LogP contribution in [0.2, 0.25) is 0 Å². The minimum Gasteiger partial charge on any atom is -0.495 e. The lowest BCUT2D eigenvalue weighted by Gasteiger charge is -2.08. The summed E-state index contributed by atoms with van der Waals surface area (Å²) in [5.41, 5.74) is 3.92. The summed E-state index contributed by atoms with van der Waals surface area (Å²) in [6, 6.07) is 24.3. The molecule has 0 bridgehead atoms. The van der Waals surface area contributed by atoms with E-state index < -0.39 is 0 Å². The summed E-state index contributed by atoms with van der Waals surface area (Å²) < 4.78 is 8.34. The van der Waals surface area contributed by atoms with Gasteiger partial charge in [0.25, 0.3) is 0 Å². The number of hydrogen-bond donors (Lipinski definition) is 0. The molecule has 0 amide bonds. The van der Waals surface area contributed by atoms with Gasteiger partial charge in [-0.05, 0) is 28.1 Å². The quantitative estimate of drug-likeness (QED) is 0.408. The second-order valence-corrected chi connectivity index (χ2v) is 6.97. The number of aromatic nitrogens is 2. The predicted molar refractivity (Wildman–Crippen MR) is 113 cm³/mol. The normalized spacial score (nSPS) is 10.8. The molecule has 4 nitrogen and oxygen atoms in total. The van der Waals surface area contributed by atoms with Crippen LogP contribution in [0.1, 0.15) is 11.1 Å². The molecule has 4 aromatic rings. The van der Waals surface area contributed by atoms with E-state index in [1.54, 1.807) is 7.11 Å². The topological polar surface area (TPSA) is 39.4 Å². The predicted octanol–water partition coefficient (Wildman–Crippen LogP) is 5.51. The van der Waals surface area contributed by atoms with Crippen molar-refractivity contribution in [2.75, 3.05) is 7.11 Å². The molecule has 0 aliphatic rings. The van der Waals surface area contributed by atoms with E-state index in [2.05, 4.69) is 45.3 Å². The number of benzene rings is 3. The maximum atomic E-state index is 5.64. The Kier molecular flexibility index (Phi) is 4.77. The molecular formula is C22H18BrN3O. The highest BCUT2D eigenvalue weighted by molar-refractivity contribution is 9.10. The Hall–Kier alpha value is -2.92. The van der Waals surface area contributed by atoms with Crippen LogP contribution in [0, 0.1) is 0 Å². The number of aliphatic imine (C=N–C) groups is 1. The lowest BCUT2D eigenvalue weighted by atomic mass is 10.0. The van der Waals surface area contributed by atoms with Crippen molar-refractivity contribution in [1.82, 2.24) is 9.78 Å². The average molecular weight is 420 g/mol. The minimum atomic E-state index is 0.633. The van der Waals surface area contributed by atoms with Crippen molar-refractivity contribution in [3.05, 3.63) is 88.4 Å². The Morgan fingerprint density at radius 2 is 1.52 bits per heavy atom. The second kappa shape index (κ2) is 7.37. The number of fused-ring (bicyclic) bond motifs is 1. The first kappa shape index (κ1) is 17.5. The monoisotopic (exact) mass is 419 g/mol. The molecule has 0 aliphatic heterocycles. The van der Waals surface area contributed by atoms with Crippen LogP contribution >= 0.6 is 15.9 Å². The van der Waals surface area contributed by atoms with Crippen LogP contribution in [-0.2, 0) is 7.05 Å². The maximum absolute atomic E-state index is 5.64. The first-order chi connectivity index (χ1) is 13.2. The minimum absolute atomic E-state index is 0.633. The number of rotatable bonds is 4. The Balaban J connectivity index is 2.01. The van der Waals surface area contributed by atoms with E-state index in [-0.39, 0.29) is 0 Å². The van der Waals surface area contributed by atoms with Gasteiger partial charge in [0.05, 0.1) is 28.2 Å². The molecule has 0 fully saturated rings. The Bertz CT molecular complexity index is 1080. The third-order valence-electron chi connectivity index (χ3n) is 4.42. The van der Waals surface area contributed by atoms with Gasteiger partial charge in [0.2, 0.25) is 0 Å². The molecule has 27 heavy (non-hydrogen) atoms. The van der Waals surface area contributed by atoms with Gasteiger partial charge < -0.3 is 4.74 Å². The van der Waals surface area contributed by atoms with Crippen molar-refractivity contribution in [3.8, 4) is 5.75 Å². The molecule has 0 saturated heterocycles. The van der Waals surface area contributed by atoms with E-state index in [4.69, 9.17) is 9.73 Å². The number of methoxy groups -OCH3 is 1. The maximum Gasteiger partial charge on any atom is 0.186 e. The molecule has 5 heteroatoms. The van der Waals surface area contributed by atoms with Gasteiger partial charge in [-0.3, -0.25) is 4.68 Å². The number of halogens is 1. The molecule has 0 spiro atoms. The molecule has 1 aromatic heterocycles. The van der Waals surface area contributed by atoms with Gasteiger partial charge in [-0.2, -0.15) is 5.10 Å². The summed E-state index contributed by atoms with van der Waals surface area (Å²) in [4.78, 5) is 4.98. The van der Waals surface area contributed by atoms with E-state index in [1.807, 2.05) is 60.3 Å². The second-order valence-electron chi connectivity index (χ2n) is 6.11. The highest BCUT2D eigenvalue weighted by atomic mass is 79.9. The highest BCUT2D eigenvalue weighted by Crippen LogP contribution is 2.39. The van der Waals surface area contributed by atoms with E-state index in [0.717, 1.165) is 38.0 Å². The summed E-state index contributed by atoms with van der Waals surface area (Å²) in [5.74, 6) is 1.37. The summed E-state index contributed by atoms with van der Waals surface area (Å²) in [6.07, 6.45) is 0. The van der Waals surface area contributed by atoms with Gasteiger partial charge >= 0.3 is 0 Å². The smallest absolute Gasteiger partial charge is 0.186 e. The van der Waals surface area contributed by atoms with Crippen LogP contribution in [0.4, 0.5) is 5.82 Å². The molecule has 0 saturated carbocycles. The molecule has 1 heterocycles. The Morgan fingerprint density at radius 1 is 0.926 bits per heavy atom. The largest absolute Gasteiger partial charge is 0.495 e. The zero-order valence-electron chi connectivity index (χ0n) is 15.1. The molecule has 0 atom stereocenters. The highest BCUT2D eigenvalue weighted by Gasteiger charge is 2.17. The summed E-state index contributed by atoms with van der Waals surface area (Å²) in [5, 5.41) is 5.55. The zero-order valence-corrected chi connectivity index (χ0v) is 16.6. The number of aryl methyl sites for hydroxylation is 1. The summed E-state index contributed by atoms with van der Waals surface area (Å²) in [7, 11) is 3.58. The molecule has 0 aliphatic carbocycles. The Labute approximate surface area is 166 Å². The Morgan fingerprint density at radius 3 is 2.07 bits per heavy atom. The van der Waals surface area contributed by atoms with Gasteiger partial charge in [0.15, 0.2) is 5.82 Å². The fourth-order valence-electron chi connectivity index (χ4n) is 3.15. The molecule has 0 radical (unpaired) electrons. The van der Waals surface area contributed by atoms with Crippen LogP contribution in [0.15, 0.2) is 82.3 Å². The first-order valence-electron chi connectivity index (χ1n) is 8.58. The lowest BCUT2D eigenvalue weighted by Crippen LogP contribution is -2.02. The van der Waals surface area contributed by atoms with Gasteiger partial charge in [-0.25, -0.2) is 4.99 Å². The van der Waals surface area contributed by atoms with Crippen molar-refractivity contribution in [1.29, 1.82) is 0 Å². The third-order valence-corrected chi connectivity index (χ3v) is 5.05. The lowest BCUT2D eigenvalue weighted by molar-refractivity contribution is 0.417. The molecular weight excluding hydrogens is 402 g/mol. The van der Waals surface area contributed by atoms with E-state index >= 15 is 0 Å². The summed E-state index contributed by atoms with van der Waals surface area (Å²) >= 11 is 3.57. The van der Waals surface area contributed by atoms with Crippen molar-refractivity contribution in [3.63, 3.8) is 0 Å². The number of hydrogen-bond acceptors (Lipinski definition) is 3. The van der Waals surface area contributed by atoms with Crippen molar-refractivity contribution >= 4 is 38.4 Å². The van der Waals surface area contributed by atoms with Gasteiger partial charge in [0.1, 0.15) is 5.75 Å². The van der Waals surface area contributed by atoms with Crippen LogP contribution in [0.5, 0.6) is 5.75 Å². The zero-order chi connectivity index (χ0) is 18.8. The van der Waals surface area contributed by atoms with Gasteiger partial charge in [-0.1, -0.05) is 60.7 Å². The van der Waals surface area contributed by atoms with Crippen LogP contribution in [0.3, 0.4) is 0 Å². The number of nitrogens with zero attached hydrogens (tertiary/aromatic N) is 3. The van der Waals surface area contributed by atoms with E-state index in [1.165, 1.54) is 0 Å². The van der Waals surface area contributed by atoms with Crippen LogP contribution in [0.25, 0.3) is 10.9 Å². The molecule has 4 rings (SSSR count). The van der Waals surface area contributed by atoms with Crippen LogP contribution in [-0.4, -0.2) is 22.6 Å². The van der Waals surface area contributed by atoms with Gasteiger partial charge in [0, 0.05) is 18.2 Å². The van der Waals surface area contributed by atoms with Crippen molar-refractivity contribution < 1.29 is 4.74 Å². The van der Waals surface area contributed by atoms with Crippen molar-refractivity contribution in [2.45, 2.75) is 0 Å². The fraction of sp³-hybridized carbons (Fsp3) is 0.0909. The first-order valence-corrected chi connectivity index (χ1v) is 9.37. The van der Waals surface area contributed by atoms with Crippen molar-refractivity contribution in [2.24, 2.45) is 12.0 Å².